The summed E-state index contributed by atoms with van der Waals surface area (Å²) in [4.78, 5) is 12.8. The summed E-state index contributed by atoms with van der Waals surface area (Å²) in [5, 5.41) is 54.8. The van der Waals surface area contributed by atoms with Crippen LogP contribution in [0.4, 0.5) is 4.79 Å². The van der Waals surface area contributed by atoms with Crippen LogP contribution in [0.1, 0.15) is 94.9 Å². The highest BCUT2D eigenvalue weighted by Gasteiger charge is 2.42. The topological polar surface area (TPSA) is 149 Å². The Balaban J connectivity index is 2.99. The zero-order chi connectivity index (χ0) is 28.3. The molecule has 1 fully saturated rings. The fourth-order valence-electron chi connectivity index (χ4n) is 4.71. The van der Waals surface area contributed by atoms with Crippen LogP contribution >= 0.6 is 0 Å². The van der Waals surface area contributed by atoms with Crippen molar-refractivity contribution >= 4 is 6.09 Å². The largest absolute Gasteiger partial charge is 0.444 e. The standard InChI is InChI=1S/C27H53NO8/c1-24(2,3)15-26(7,8)36-23(34)28-16(14-35-19-12-11-17(29)21(32)22(19)33)18(30)13-20(31)27(9,10)25(4,5)6/h16-22,29-33H,11-15H2,1-10H3,(H,28,34). The quantitative estimate of drug-likeness (QED) is 0.258. The molecular weight excluding hydrogens is 466 g/mol. The summed E-state index contributed by atoms with van der Waals surface area (Å²) in [6.45, 7) is 19.5. The van der Waals surface area contributed by atoms with Crippen molar-refractivity contribution in [1.82, 2.24) is 5.32 Å². The molecule has 7 atom stereocenters. The fourth-order valence-corrected chi connectivity index (χ4v) is 4.71. The van der Waals surface area contributed by atoms with Gasteiger partial charge in [-0.3, -0.25) is 0 Å². The van der Waals surface area contributed by atoms with Crippen molar-refractivity contribution in [3.05, 3.63) is 0 Å². The van der Waals surface area contributed by atoms with Gasteiger partial charge in [0.05, 0.1) is 37.1 Å². The third-order valence-electron chi connectivity index (χ3n) is 7.69. The van der Waals surface area contributed by atoms with E-state index in [4.69, 9.17) is 9.47 Å². The molecule has 7 unspecified atom stereocenters. The minimum atomic E-state index is -1.34. The van der Waals surface area contributed by atoms with Gasteiger partial charge in [-0.1, -0.05) is 55.4 Å². The second-order valence-electron chi connectivity index (χ2n) is 13.9. The van der Waals surface area contributed by atoms with Crippen LogP contribution in [-0.2, 0) is 9.47 Å². The SMILES string of the molecule is CC(C)(C)CC(C)(C)OC(=O)NC(COC1CCC(O)C(O)C1O)C(O)CC(O)C(C)(C)C(C)(C)C. The second kappa shape index (κ2) is 12.3. The van der Waals surface area contributed by atoms with E-state index in [0.29, 0.717) is 12.8 Å². The molecule has 0 heterocycles. The van der Waals surface area contributed by atoms with E-state index in [0.717, 1.165) is 0 Å². The van der Waals surface area contributed by atoms with E-state index in [1.54, 1.807) is 0 Å². The highest BCUT2D eigenvalue weighted by atomic mass is 16.6. The Morgan fingerprint density at radius 3 is 1.97 bits per heavy atom. The molecule has 9 nitrogen and oxygen atoms in total. The Bertz CT molecular complexity index is 697. The number of carbonyl (C=O) groups excluding carboxylic acids is 1. The molecule has 0 saturated heterocycles. The van der Waals surface area contributed by atoms with E-state index in [9.17, 15) is 30.3 Å². The molecule has 1 aliphatic carbocycles. The molecule has 1 saturated carbocycles. The van der Waals surface area contributed by atoms with Gasteiger partial charge in [-0.15, -0.1) is 0 Å². The van der Waals surface area contributed by atoms with E-state index in [-0.39, 0.29) is 30.3 Å². The predicted molar refractivity (Wildman–Crippen MR) is 138 cm³/mol. The van der Waals surface area contributed by atoms with Crippen LogP contribution in [0.25, 0.3) is 0 Å². The van der Waals surface area contributed by atoms with Crippen LogP contribution in [0.5, 0.6) is 0 Å². The summed E-state index contributed by atoms with van der Waals surface area (Å²) in [6.07, 6.45) is -6.04. The van der Waals surface area contributed by atoms with Gasteiger partial charge in [0, 0.05) is 6.42 Å². The van der Waals surface area contributed by atoms with Crippen molar-refractivity contribution < 1.29 is 39.8 Å². The highest BCUT2D eigenvalue weighted by molar-refractivity contribution is 5.68. The van der Waals surface area contributed by atoms with E-state index in [1.807, 2.05) is 48.5 Å². The molecule has 214 valence electrons. The molecule has 6 N–H and O–H groups in total. The number of ether oxygens (including phenoxy) is 2. The van der Waals surface area contributed by atoms with Crippen molar-refractivity contribution in [1.29, 1.82) is 0 Å². The van der Waals surface area contributed by atoms with E-state index in [2.05, 4.69) is 26.1 Å². The monoisotopic (exact) mass is 519 g/mol. The van der Waals surface area contributed by atoms with E-state index in [1.165, 1.54) is 0 Å². The van der Waals surface area contributed by atoms with E-state index < -0.39 is 59.8 Å². The predicted octanol–water partition coefficient (Wildman–Crippen LogP) is 2.74. The lowest BCUT2D eigenvalue weighted by Crippen LogP contribution is -2.54. The van der Waals surface area contributed by atoms with Crippen LogP contribution < -0.4 is 5.32 Å². The van der Waals surface area contributed by atoms with Gasteiger partial charge in [0.15, 0.2) is 0 Å². The van der Waals surface area contributed by atoms with Gasteiger partial charge in [-0.05, 0) is 49.4 Å². The van der Waals surface area contributed by atoms with Crippen LogP contribution in [0.15, 0.2) is 0 Å². The first-order valence-electron chi connectivity index (χ1n) is 13.1. The maximum absolute atomic E-state index is 12.8. The number of nitrogens with one attached hydrogen (secondary N) is 1. The maximum Gasteiger partial charge on any atom is 0.408 e. The molecule has 1 aliphatic rings. The highest BCUT2D eigenvalue weighted by Crippen LogP contribution is 2.42. The minimum absolute atomic E-state index is 0.0154. The number of carbonyl (C=O) groups is 1. The molecule has 0 bridgehead atoms. The van der Waals surface area contributed by atoms with Gasteiger partial charge in [0.2, 0.25) is 0 Å². The lowest BCUT2D eigenvalue weighted by Gasteiger charge is -2.44. The Kier molecular flexibility index (Phi) is 11.3. The normalized spacial score (nSPS) is 26.8. The number of alkyl carbamates (subject to hydrolysis) is 1. The van der Waals surface area contributed by atoms with Crippen LogP contribution in [0, 0.1) is 16.2 Å². The molecule has 0 aromatic carbocycles. The Morgan fingerprint density at radius 1 is 0.917 bits per heavy atom. The minimum Gasteiger partial charge on any atom is -0.444 e. The fraction of sp³-hybridized carbons (Fsp3) is 0.963. The molecule has 0 spiro atoms. The summed E-state index contributed by atoms with van der Waals surface area (Å²) in [5.74, 6) is 0. The van der Waals surface area contributed by atoms with Crippen molar-refractivity contribution in [2.24, 2.45) is 16.2 Å². The summed E-state index contributed by atoms with van der Waals surface area (Å²) in [7, 11) is 0. The Morgan fingerprint density at radius 2 is 1.47 bits per heavy atom. The Labute approximate surface area is 217 Å². The summed E-state index contributed by atoms with van der Waals surface area (Å²) in [5.41, 5.74) is -1.61. The molecule has 9 heteroatoms. The zero-order valence-corrected chi connectivity index (χ0v) is 24.0. The number of amides is 1. The summed E-state index contributed by atoms with van der Waals surface area (Å²) < 4.78 is 11.5. The lowest BCUT2D eigenvalue weighted by atomic mass is 9.65. The smallest absolute Gasteiger partial charge is 0.408 e. The number of rotatable bonds is 10. The molecule has 0 radical (unpaired) electrons. The van der Waals surface area contributed by atoms with E-state index >= 15 is 0 Å². The van der Waals surface area contributed by atoms with Crippen LogP contribution in [0.2, 0.25) is 0 Å². The molecular formula is C27H53NO8. The zero-order valence-electron chi connectivity index (χ0n) is 24.0. The average Bonchev–Trinajstić information content (AvgIpc) is 2.67. The van der Waals surface area contributed by atoms with Gasteiger partial charge < -0.3 is 40.3 Å². The third-order valence-corrected chi connectivity index (χ3v) is 7.69. The van der Waals surface area contributed by atoms with Crippen molar-refractivity contribution in [3.63, 3.8) is 0 Å². The molecule has 0 aliphatic heterocycles. The lowest BCUT2D eigenvalue weighted by molar-refractivity contribution is -0.158. The van der Waals surface area contributed by atoms with Gasteiger partial charge in [0.1, 0.15) is 17.8 Å². The third kappa shape index (κ3) is 9.72. The first kappa shape index (κ1) is 33.1. The van der Waals surface area contributed by atoms with Crippen LogP contribution in [0.3, 0.4) is 0 Å². The number of aliphatic hydroxyl groups is 5. The molecule has 1 amide bonds. The van der Waals surface area contributed by atoms with Crippen LogP contribution in [-0.4, -0.2) is 86.5 Å². The van der Waals surface area contributed by atoms with Gasteiger partial charge in [0.25, 0.3) is 0 Å². The molecule has 1 rings (SSSR count). The summed E-state index contributed by atoms with van der Waals surface area (Å²) >= 11 is 0. The number of hydrogen-bond acceptors (Lipinski definition) is 8. The maximum atomic E-state index is 12.8. The molecule has 0 aromatic rings. The van der Waals surface area contributed by atoms with Crippen molar-refractivity contribution in [3.8, 4) is 0 Å². The molecule has 0 aromatic heterocycles. The van der Waals surface area contributed by atoms with Gasteiger partial charge >= 0.3 is 6.09 Å². The summed E-state index contributed by atoms with van der Waals surface area (Å²) in [6, 6.07) is -0.940. The van der Waals surface area contributed by atoms with Gasteiger partial charge in [-0.25, -0.2) is 4.79 Å². The van der Waals surface area contributed by atoms with Crippen molar-refractivity contribution in [2.45, 2.75) is 143 Å². The van der Waals surface area contributed by atoms with Gasteiger partial charge in [-0.2, -0.15) is 0 Å². The first-order valence-corrected chi connectivity index (χ1v) is 13.1. The average molecular weight is 520 g/mol. The van der Waals surface area contributed by atoms with Crippen molar-refractivity contribution in [2.75, 3.05) is 6.61 Å². The number of aliphatic hydroxyl groups excluding tert-OH is 5. The number of hydrogen-bond donors (Lipinski definition) is 6. The first-order chi connectivity index (χ1) is 16.1. The Hall–Kier alpha value is -0.970. The molecule has 36 heavy (non-hydrogen) atoms. The second-order valence-corrected chi connectivity index (χ2v) is 13.9.